The van der Waals surface area contributed by atoms with Crippen molar-refractivity contribution in [2.45, 2.75) is 51.0 Å². The first-order valence-corrected chi connectivity index (χ1v) is 8.85. The molecule has 2 N–H and O–H groups in total. The Kier molecular flexibility index (Phi) is 9.33. The van der Waals surface area contributed by atoms with Crippen LogP contribution < -0.4 is 10.6 Å². The highest BCUT2D eigenvalue weighted by Gasteiger charge is 2.42. The van der Waals surface area contributed by atoms with E-state index in [9.17, 15) is 4.79 Å². The Morgan fingerprint density at radius 1 is 1.21 bits per heavy atom. The zero-order chi connectivity index (χ0) is 16.7. The molecule has 0 aromatic carbocycles. The number of nitrogens with zero attached hydrogens (tertiary/aromatic N) is 2. The highest BCUT2D eigenvalue weighted by atomic mass is 127. The van der Waals surface area contributed by atoms with E-state index in [-0.39, 0.29) is 41.4 Å². The van der Waals surface area contributed by atoms with Gasteiger partial charge in [0, 0.05) is 40.8 Å². The molecule has 1 amide bonds. The summed E-state index contributed by atoms with van der Waals surface area (Å²) in [5.41, 5.74) is -0.275. The van der Waals surface area contributed by atoms with Gasteiger partial charge in [-0.15, -0.1) is 24.0 Å². The van der Waals surface area contributed by atoms with Crippen molar-refractivity contribution in [2.75, 3.05) is 40.8 Å². The third-order valence-corrected chi connectivity index (χ3v) is 5.01. The second-order valence-electron chi connectivity index (χ2n) is 6.98. The van der Waals surface area contributed by atoms with Gasteiger partial charge in [0.2, 0.25) is 5.91 Å². The van der Waals surface area contributed by atoms with Crippen LogP contribution in [0.4, 0.5) is 0 Å². The Morgan fingerprint density at radius 3 is 2.46 bits per heavy atom. The van der Waals surface area contributed by atoms with Gasteiger partial charge in [-0.2, -0.15) is 0 Å². The third kappa shape index (κ3) is 5.75. The van der Waals surface area contributed by atoms with E-state index in [1.54, 1.807) is 11.9 Å². The molecule has 2 aliphatic rings. The lowest BCUT2D eigenvalue weighted by Gasteiger charge is -2.31. The zero-order valence-corrected chi connectivity index (χ0v) is 17.6. The van der Waals surface area contributed by atoms with Crippen LogP contribution in [0.5, 0.6) is 0 Å². The summed E-state index contributed by atoms with van der Waals surface area (Å²) in [4.78, 5) is 18.6. The molecule has 1 heterocycles. The minimum absolute atomic E-state index is 0. The molecule has 0 aromatic rings. The van der Waals surface area contributed by atoms with Crippen molar-refractivity contribution in [1.82, 2.24) is 15.5 Å². The molecule has 1 atom stereocenters. The Morgan fingerprint density at radius 2 is 1.92 bits per heavy atom. The van der Waals surface area contributed by atoms with Crippen LogP contribution in [0.1, 0.15) is 44.9 Å². The van der Waals surface area contributed by atoms with Gasteiger partial charge in [0.05, 0.1) is 11.5 Å². The van der Waals surface area contributed by atoms with E-state index >= 15 is 0 Å². The van der Waals surface area contributed by atoms with E-state index < -0.39 is 0 Å². The molecule has 7 heteroatoms. The Balaban J connectivity index is 0.00000288. The molecule has 140 valence electrons. The number of hydrogen-bond donors (Lipinski definition) is 2. The number of carbonyl (C=O) groups is 1. The Hall–Kier alpha value is -0.570. The molecule has 2 fully saturated rings. The highest BCUT2D eigenvalue weighted by Crippen LogP contribution is 2.38. The topological polar surface area (TPSA) is 66.0 Å². The van der Waals surface area contributed by atoms with Crippen molar-refractivity contribution < 1.29 is 9.53 Å². The summed E-state index contributed by atoms with van der Waals surface area (Å²) in [6.45, 7) is 2.28. The lowest BCUT2D eigenvalue weighted by Crippen LogP contribution is -2.50. The molecule has 1 saturated carbocycles. The van der Waals surface area contributed by atoms with Gasteiger partial charge in [-0.3, -0.25) is 9.79 Å². The summed E-state index contributed by atoms with van der Waals surface area (Å²) in [6.07, 6.45) is 7.95. The molecule has 24 heavy (non-hydrogen) atoms. The second kappa shape index (κ2) is 10.4. The van der Waals surface area contributed by atoms with Gasteiger partial charge >= 0.3 is 0 Å². The van der Waals surface area contributed by atoms with E-state index in [0.29, 0.717) is 6.54 Å². The molecular formula is C17H33IN4O2. The van der Waals surface area contributed by atoms with Crippen molar-refractivity contribution in [3.63, 3.8) is 0 Å². The highest BCUT2D eigenvalue weighted by molar-refractivity contribution is 14.0. The molecule has 1 aliphatic heterocycles. The number of aliphatic imine (C=N–C) groups is 1. The van der Waals surface area contributed by atoms with Gasteiger partial charge in [-0.05, 0) is 32.1 Å². The maximum absolute atomic E-state index is 12.6. The summed E-state index contributed by atoms with van der Waals surface area (Å²) >= 11 is 0. The van der Waals surface area contributed by atoms with E-state index in [2.05, 4.69) is 15.6 Å². The predicted molar refractivity (Wildman–Crippen MR) is 108 cm³/mol. The molecule has 0 aromatic heterocycles. The molecule has 1 unspecified atom stereocenters. The smallest absolute Gasteiger partial charge is 0.230 e. The standard InChI is InChI=1S/C17H32N4O2.HI/c1-18-16(19-12-14-8-4-7-11-23-14)20-13-17(9-5-6-10-17)15(22)21(2)3;/h14H,4-13H2,1-3H3,(H2,18,19,20);1H. The number of ether oxygens (including phenoxy) is 1. The van der Waals surface area contributed by atoms with E-state index in [1.807, 2.05) is 14.1 Å². The fraction of sp³-hybridized carbons (Fsp3) is 0.882. The first-order chi connectivity index (χ1) is 11.1. The third-order valence-electron chi connectivity index (χ3n) is 5.01. The molecule has 6 nitrogen and oxygen atoms in total. The average Bonchev–Trinajstić information content (AvgIpc) is 3.05. The number of carbonyl (C=O) groups excluding carboxylic acids is 1. The summed E-state index contributed by atoms with van der Waals surface area (Å²) in [5, 5.41) is 6.70. The maximum atomic E-state index is 12.6. The molecule has 1 aliphatic carbocycles. The SMILES string of the molecule is CN=C(NCC1CCCCO1)NCC1(C(=O)N(C)C)CCCC1.I. The maximum Gasteiger partial charge on any atom is 0.230 e. The van der Waals surface area contributed by atoms with Gasteiger partial charge < -0.3 is 20.3 Å². The van der Waals surface area contributed by atoms with E-state index in [4.69, 9.17) is 4.74 Å². The Labute approximate surface area is 163 Å². The van der Waals surface area contributed by atoms with Crippen LogP contribution in [0.25, 0.3) is 0 Å². The van der Waals surface area contributed by atoms with E-state index in [1.165, 1.54) is 12.8 Å². The summed E-state index contributed by atoms with van der Waals surface area (Å²) in [7, 11) is 5.46. The number of nitrogens with one attached hydrogen (secondary N) is 2. The minimum Gasteiger partial charge on any atom is -0.376 e. The van der Waals surface area contributed by atoms with E-state index in [0.717, 1.165) is 51.2 Å². The minimum atomic E-state index is -0.275. The second-order valence-corrected chi connectivity index (χ2v) is 6.98. The first-order valence-electron chi connectivity index (χ1n) is 8.85. The first kappa shape index (κ1) is 21.5. The molecular weight excluding hydrogens is 419 g/mol. The Bertz CT molecular complexity index is 417. The summed E-state index contributed by atoms with van der Waals surface area (Å²) in [6, 6.07) is 0. The predicted octanol–water partition coefficient (Wildman–Crippen LogP) is 1.99. The van der Waals surface area contributed by atoms with Crippen molar-refractivity contribution in [3.05, 3.63) is 0 Å². The quantitative estimate of drug-likeness (QED) is 0.381. The fourth-order valence-electron chi connectivity index (χ4n) is 3.64. The van der Waals surface area contributed by atoms with Crippen molar-refractivity contribution in [1.29, 1.82) is 0 Å². The van der Waals surface area contributed by atoms with Gasteiger partial charge in [-0.1, -0.05) is 12.8 Å². The van der Waals surface area contributed by atoms with Gasteiger partial charge in [-0.25, -0.2) is 0 Å². The number of rotatable bonds is 5. The number of halogens is 1. The van der Waals surface area contributed by atoms with Crippen LogP contribution in [0.3, 0.4) is 0 Å². The summed E-state index contributed by atoms with van der Waals surface area (Å²) < 4.78 is 5.73. The number of amides is 1. The van der Waals surface area contributed by atoms with Gasteiger partial charge in [0.1, 0.15) is 0 Å². The fourth-order valence-corrected chi connectivity index (χ4v) is 3.64. The lowest BCUT2D eigenvalue weighted by atomic mass is 9.84. The lowest BCUT2D eigenvalue weighted by molar-refractivity contribution is -0.138. The number of guanidine groups is 1. The molecule has 2 rings (SSSR count). The van der Waals surface area contributed by atoms with Crippen LogP contribution in [0, 0.1) is 5.41 Å². The largest absolute Gasteiger partial charge is 0.376 e. The van der Waals surface area contributed by atoms with Crippen molar-refractivity contribution >= 4 is 35.8 Å². The van der Waals surface area contributed by atoms with Gasteiger partial charge in [0.15, 0.2) is 5.96 Å². The van der Waals surface area contributed by atoms with Crippen molar-refractivity contribution in [2.24, 2.45) is 10.4 Å². The molecule has 1 saturated heterocycles. The van der Waals surface area contributed by atoms with Crippen LogP contribution in [0.2, 0.25) is 0 Å². The van der Waals surface area contributed by atoms with Crippen LogP contribution in [-0.2, 0) is 9.53 Å². The number of hydrogen-bond acceptors (Lipinski definition) is 3. The summed E-state index contributed by atoms with van der Waals surface area (Å²) in [5.74, 6) is 0.991. The van der Waals surface area contributed by atoms with Gasteiger partial charge in [0.25, 0.3) is 0 Å². The zero-order valence-electron chi connectivity index (χ0n) is 15.3. The van der Waals surface area contributed by atoms with Crippen LogP contribution in [0.15, 0.2) is 4.99 Å². The van der Waals surface area contributed by atoms with Crippen LogP contribution in [-0.4, -0.2) is 63.7 Å². The molecule has 0 bridgehead atoms. The average molecular weight is 452 g/mol. The van der Waals surface area contributed by atoms with Crippen LogP contribution >= 0.6 is 24.0 Å². The molecule has 0 spiro atoms. The molecule has 0 radical (unpaired) electrons. The monoisotopic (exact) mass is 452 g/mol. The normalized spacial score (nSPS) is 23.3. The van der Waals surface area contributed by atoms with Crippen molar-refractivity contribution in [3.8, 4) is 0 Å².